The highest BCUT2D eigenvalue weighted by Gasteiger charge is 2.17. The van der Waals surface area contributed by atoms with E-state index < -0.39 is 6.04 Å². The molecule has 1 aliphatic rings. The number of nitrogens with zero attached hydrogens (tertiary/aromatic N) is 2. The fourth-order valence-electron chi connectivity index (χ4n) is 3.17. The van der Waals surface area contributed by atoms with Gasteiger partial charge in [0.2, 0.25) is 5.91 Å². The largest absolute Gasteiger partial charge is 0.361 e. The smallest absolute Gasteiger partial charge is 0.237 e. The van der Waals surface area contributed by atoms with Crippen molar-refractivity contribution in [1.29, 1.82) is 0 Å². The van der Waals surface area contributed by atoms with Crippen molar-refractivity contribution in [3.8, 4) is 0 Å². The Balaban J connectivity index is 0.00000225. The van der Waals surface area contributed by atoms with E-state index >= 15 is 0 Å². The molecule has 1 aromatic heterocycles. The summed E-state index contributed by atoms with van der Waals surface area (Å²) >= 11 is 0. The van der Waals surface area contributed by atoms with Gasteiger partial charge in [-0.2, -0.15) is 0 Å². The van der Waals surface area contributed by atoms with E-state index in [9.17, 15) is 4.79 Å². The first-order valence-electron chi connectivity index (χ1n) is 8.62. The summed E-state index contributed by atoms with van der Waals surface area (Å²) in [6.45, 7) is 5.85. The zero-order chi connectivity index (χ0) is 16.9. The predicted octanol–water partition coefficient (Wildman–Crippen LogP) is 1.67. The van der Waals surface area contributed by atoms with Gasteiger partial charge in [-0.3, -0.25) is 9.69 Å². The summed E-state index contributed by atoms with van der Waals surface area (Å²) in [4.78, 5) is 20.2. The van der Waals surface area contributed by atoms with Crippen molar-refractivity contribution in [2.75, 3.05) is 46.3 Å². The normalized spacial score (nSPS) is 15.9. The standard InChI is InChI=1S/C18H27N5O.3ClH/c1-22-8-10-23(11-9-22)7-6-20-18(24)16(19)12-14-13-21-17-5-3-2-4-15(14)17;;;/h2-5,13,16,21H,6-12,19H2,1H3,(H,20,24);3*1H/t16-;;;/m0.../s1. The van der Waals surface area contributed by atoms with Crippen LogP contribution < -0.4 is 11.1 Å². The van der Waals surface area contributed by atoms with E-state index in [2.05, 4.69) is 33.2 Å². The first kappa shape index (κ1) is 26.0. The molecular weight excluding hydrogens is 409 g/mol. The number of aromatic nitrogens is 1. The highest BCUT2D eigenvalue weighted by Crippen LogP contribution is 2.18. The second-order valence-corrected chi connectivity index (χ2v) is 6.61. The van der Waals surface area contributed by atoms with Gasteiger partial charge in [0.05, 0.1) is 6.04 Å². The van der Waals surface area contributed by atoms with Gasteiger partial charge in [0.25, 0.3) is 0 Å². The van der Waals surface area contributed by atoms with Crippen LogP contribution in [0.15, 0.2) is 30.5 Å². The Labute approximate surface area is 179 Å². The number of fused-ring (bicyclic) bond motifs is 1. The second kappa shape index (κ2) is 12.4. The molecule has 1 amide bonds. The molecule has 1 saturated heterocycles. The summed E-state index contributed by atoms with van der Waals surface area (Å²) in [6, 6.07) is 7.56. The first-order valence-corrected chi connectivity index (χ1v) is 8.62. The molecule has 0 saturated carbocycles. The van der Waals surface area contributed by atoms with Crippen molar-refractivity contribution in [3.05, 3.63) is 36.0 Å². The molecule has 1 aliphatic heterocycles. The molecule has 27 heavy (non-hydrogen) atoms. The number of aromatic amines is 1. The molecule has 4 N–H and O–H groups in total. The van der Waals surface area contributed by atoms with Crippen molar-refractivity contribution in [1.82, 2.24) is 20.1 Å². The molecule has 1 fully saturated rings. The van der Waals surface area contributed by atoms with Crippen LogP contribution >= 0.6 is 37.2 Å². The molecule has 1 atom stereocenters. The minimum Gasteiger partial charge on any atom is -0.361 e. The van der Waals surface area contributed by atoms with Crippen LogP contribution in [0.5, 0.6) is 0 Å². The molecule has 2 heterocycles. The number of hydrogen-bond acceptors (Lipinski definition) is 4. The molecule has 6 nitrogen and oxygen atoms in total. The zero-order valence-electron chi connectivity index (χ0n) is 15.5. The average molecular weight is 439 g/mol. The van der Waals surface area contributed by atoms with E-state index in [-0.39, 0.29) is 43.1 Å². The monoisotopic (exact) mass is 437 g/mol. The number of benzene rings is 1. The number of nitrogens with one attached hydrogen (secondary N) is 2. The average Bonchev–Trinajstić information content (AvgIpc) is 3.00. The predicted molar refractivity (Wildman–Crippen MR) is 119 cm³/mol. The lowest BCUT2D eigenvalue weighted by Gasteiger charge is -2.32. The van der Waals surface area contributed by atoms with E-state index in [1.54, 1.807) is 0 Å². The number of hydrogen-bond donors (Lipinski definition) is 3. The first-order chi connectivity index (χ1) is 11.6. The lowest BCUT2D eigenvalue weighted by atomic mass is 10.1. The summed E-state index contributed by atoms with van der Waals surface area (Å²) in [5, 5.41) is 4.11. The Morgan fingerprint density at radius 3 is 2.56 bits per heavy atom. The maximum Gasteiger partial charge on any atom is 0.237 e. The number of halogens is 3. The molecule has 0 bridgehead atoms. The van der Waals surface area contributed by atoms with Crippen molar-refractivity contribution in [2.45, 2.75) is 12.5 Å². The fourth-order valence-corrected chi connectivity index (χ4v) is 3.17. The molecule has 3 rings (SSSR count). The quantitative estimate of drug-likeness (QED) is 0.641. The fraction of sp³-hybridized carbons (Fsp3) is 0.500. The van der Waals surface area contributed by atoms with E-state index in [0.717, 1.165) is 49.2 Å². The molecule has 0 unspecified atom stereocenters. The van der Waals surface area contributed by atoms with E-state index in [1.165, 1.54) is 0 Å². The molecule has 0 aliphatic carbocycles. The van der Waals surface area contributed by atoms with Crippen molar-refractivity contribution in [2.24, 2.45) is 5.73 Å². The van der Waals surface area contributed by atoms with Crippen molar-refractivity contribution >= 4 is 54.0 Å². The van der Waals surface area contributed by atoms with Gasteiger partial charge in [-0.05, 0) is 25.1 Å². The third-order valence-corrected chi connectivity index (χ3v) is 4.77. The SMILES string of the molecule is CN1CCN(CCNC(=O)[C@@H](N)Cc2c[nH]c3ccccc23)CC1.Cl.Cl.Cl. The summed E-state index contributed by atoms with van der Waals surface area (Å²) in [5.74, 6) is -0.0746. The zero-order valence-corrected chi connectivity index (χ0v) is 18.0. The van der Waals surface area contributed by atoms with Gasteiger partial charge < -0.3 is 20.9 Å². The maximum absolute atomic E-state index is 12.2. The van der Waals surface area contributed by atoms with Crippen LogP contribution in [-0.4, -0.2) is 73.0 Å². The summed E-state index contributed by atoms with van der Waals surface area (Å²) in [5.41, 5.74) is 8.26. The minimum atomic E-state index is -0.517. The van der Waals surface area contributed by atoms with Crippen LogP contribution in [0.3, 0.4) is 0 Å². The number of nitrogens with two attached hydrogens (primary N) is 1. The lowest BCUT2D eigenvalue weighted by Crippen LogP contribution is -2.48. The van der Waals surface area contributed by atoms with Gasteiger partial charge in [-0.1, -0.05) is 18.2 Å². The van der Waals surface area contributed by atoms with Gasteiger partial charge in [0.1, 0.15) is 0 Å². The number of rotatable bonds is 6. The number of carbonyl (C=O) groups is 1. The Bertz CT molecular complexity index is 688. The maximum atomic E-state index is 12.2. The van der Waals surface area contributed by atoms with E-state index in [0.29, 0.717) is 13.0 Å². The molecule has 0 radical (unpaired) electrons. The Morgan fingerprint density at radius 2 is 1.85 bits per heavy atom. The summed E-state index contributed by atoms with van der Waals surface area (Å²) in [7, 11) is 2.14. The number of para-hydroxylation sites is 1. The molecular formula is C18H30Cl3N5O. The van der Waals surface area contributed by atoms with Crippen LogP contribution in [0.2, 0.25) is 0 Å². The third-order valence-electron chi connectivity index (χ3n) is 4.77. The van der Waals surface area contributed by atoms with Crippen molar-refractivity contribution < 1.29 is 4.79 Å². The number of H-pyrrole nitrogens is 1. The molecule has 0 spiro atoms. The Hall–Kier alpha value is -1.02. The number of amides is 1. The number of likely N-dealkylation sites (N-methyl/N-ethyl adjacent to an activating group) is 1. The summed E-state index contributed by atoms with van der Waals surface area (Å²) < 4.78 is 0. The summed E-state index contributed by atoms with van der Waals surface area (Å²) in [6.07, 6.45) is 2.49. The third kappa shape index (κ3) is 7.14. The van der Waals surface area contributed by atoms with Gasteiger partial charge in [-0.15, -0.1) is 37.2 Å². The highest BCUT2D eigenvalue weighted by atomic mass is 35.5. The van der Waals surface area contributed by atoms with Crippen LogP contribution in [0, 0.1) is 0 Å². The Morgan fingerprint density at radius 1 is 1.19 bits per heavy atom. The van der Waals surface area contributed by atoms with Crippen LogP contribution in [0.25, 0.3) is 10.9 Å². The second-order valence-electron chi connectivity index (χ2n) is 6.61. The molecule has 2 aromatic rings. The topological polar surface area (TPSA) is 77.4 Å². The van der Waals surface area contributed by atoms with Crippen molar-refractivity contribution in [3.63, 3.8) is 0 Å². The van der Waals surface area contributed by atoms with Gasteiger partial charge in [0.15, 0.2) is 0 Å². The van der Waals surface area contributed by atoms with Crippen LogP contribution in [-0.2, 0) is 11.2 Å². The number of piperazine rings is 1. The van der Waals surface area contributed by atoms with E-state index in [4.69, 9.17) is 5.73 Å². The minimum absolute atomic E-state index is 0. The molecule has 9 heteroatoms. The number of carbonyl (C=O) groups excluding carboxylic acids is 1. The van der Waals surface area contributed by atoms with Gasteiger partial charge >= 0.3 is 0 Å². The van der Waals surface area contributed by atoms with Gasteiger partial charge in [0, 0.05) is 56.4 Å². The van der Waals surface area contributed by atoms with Gasteiger partial charge in [-0.25, -0.2) is 0 Å². The van der Waals surface area contributed by atoms with E-state index in [1.807, 2.05) is 24.4 Å². The van der Waals surface area contributed by atoms with Crippen LogP contribution in [0.1, 0.15) is 5.56 Å². The lowest BCUT2D eigenvalue weighted by molar-refractivity contribution is -0.122. The highest BCUT2D eigenvalue weighted by molar-refractivity contribution is 5.86. The molecule has 154 valence electrons. The Kier molecular flexibility index (Phi) is 12.0. The van der Waals surface area contributed by atoms with Crippen LogP contribution in [0.4, 0.5) is 0 Å². The molecule has 1 aromatic carbocycles.